The molecule has 0 aromatic rings. The minimum absolute atomic E-state index is 0.00463. The molecule has 0 saturated carbocycles. The molecule has 0 aromatic carbocycles. The van der Waals surface area contributed by atoms with E-state index in [1.165, 1.54) is 214 Å². The molecule has 0 aromatic heterocycles. The number of hydrogen-bond donors (Lipinski definition) is 21. The standard InChI is InChI=1S/2C10H18N2O4.C10H20N2O2S2.2C10H18N2O2.2C9H18N2O4S.2C8H16N2O2S2.C5H11NO.C4H9NOS/c2*1-15-9(13)7(11)5-3-4-6-8(12)10(14)16-2;1-3-9(13)7(11)5-15-16-6-8(12)10(14)4-2;2*1-7(13)9(11)5-3-4-6-10(12)8(2)14;2*1-14-8(12)6(10)3-4-16-5-7(11)9(13)15-2;2*1-5(11)7(9)3-13-14-4-8(10)6(2)12;1-3-5(6)4(2)7;1-3(6)4(5)2-7/h2*3-4,7-8H,5-6,11-12H2,1-2H3;7-8H,3-6,11-12H2,1-2H3;2*3-4,9-10H,5-6,11-12H2,1-2H3;2*6-7H,3-5,10-11H2,1-2H3;2*7-8H,3-4,9-10H2,1-2H3;5H,3,6H2,1-2H3;4,7H,2,5H2,1H3/b2*4-3+;;2*4-3+;;;;;;/t7-,8+;2*7-,8-;9-,10+;9-,10-;6-,7+;6-,7-;7-,8+;7-,8-;5-;4-/m.00.000.010/s1. The second-order valence-corrected chi connectivity index (χ2v) is 42.2. The molecule has 20 atom stereocenters. The maximum absolute atomic E-state index is 11.2. The molecule has 57 heteroatoms. The van der Waals surface area contributed by atoms with Crippen LogP contribution in [-0.4, -0.2) is 358 Å². The molecule has 0 bridgehead atoms. The summed E-state index contributed by atoms with van der Waals surface area (Å²) in [4.78, 5) is 216. The van der Waals surface area contributed by atoms with E-state index in [9.17, 15) is 95.9 Å². The summed E-state index contributed by atoms with van der Waals surface area (Å²) < 4.78 is 35.7. The second kappa shape index (κ2) is 109. The molecule has 0 rings (SSSR count). The van der Waals surface area contributed by atoms with Crippen LogP contribution in [0.3, 0.4) is 0 Å². The average molecular weight is 2320 g/mol. The summed E-state index contributed by atoms with van der Waals surface area (Å²) in [5.41, 5.74) is 110. The summed E-state index contributed by atoms with van der Waals surface area (Å²) in [6, 6.07) is -10.1. The lowest BCUT2D eigenvalue weighted by Gasteiger charge is -2.10. The van der Waals surface area contributed by atoms with Gasteiger partial charge in [-0.15, -0.1) is 0 Å². The summed E-state index contributed by atoms with van der Waals surface area (Å²) in [7, 11) is 19.2. The van der Waals surface area contributed by atoms with Crippen molar-refractivity contribution < 1.29 is 134 Å². The SMILES string of the molecule is CC(=O)[C@@H](N)C/C=C/C[C@H](N)C(C)=O.CC(=O)[C@@H](N)CS.CC(=O)[C@@H](N)CSSC[C@H](N)C(C)=O.CC(=O)[C@H](N)C/C=C/C[C@H](N)C(C)=O.CC(=O)[C@H](N)CSSC[C@H](N)C(C)=O.CCC(=O)[C@@H](N)CSSC[C@H](N)C(=O)CC.CC[C@@H](N)C(C)=O.COC(=O)[C@@H](N)C/C=C/C[C@H](N)C(=O)OC.COC(=O)[C@@H](N)CCSC[C@H](N)C(=O)OC.COC(=O)[C@H](N)C/C=C/C[C@H](N)C(=O)OC.COC(=O)[C@H](N)CSCC[C@H](N)C(=O)OC. The fourth-order valence-electron chi connectivity index (χ4n) is 7.74. The molecule has 0 aliphatic carbocycles. The molecule has 0 fully saturated rings. The molecule has 150 heavy (non-hydrogen) atoms. The van der Waals surface area contributed by atoms with E-state index >= 15 is 0 Å². The van der Waals surface area contributed by atoms with Crippen molar-refractivity contribution in [3.8, 4) is 0 Å². The molecule has 48 nitrogen and oxygen atoms in total. The van der Waals surface area contributed by atoms with Crippen molar-refractivity contribution in [1.82, 2.24) is 0 Å². The Kier molecular flexibility index (Phi) is 120. The average Bonchev–Trinajstić information content (AvgIpc) is 0.964. The number of hydrogen-bond acceptors (Lipinski definition) is 57. The number of esters is 8. The minimum Gasteiger partial charge on any atom is -0.468 e. The number of thiol groups is 1. The lowest BCUT2D eigenvalue weighted by atomic mass is 10.1. The van der Waals surface area contributed by atoms with Crippen molar-refractivity contribution in [2.45, 2.75) is 294 Å². The van der Waals surface area contributed by atoms with E-state index in [1.54, 1.807) is 62.5 Å². The molecule has 0 radical (unpaired) electrons. The summed E-state index contributed by atoms with van der Waals surface area (Å²) in [5.74, 6) is 2.36. The zero-order valence-corrected chi connectivity index (χ0v) is 98.3. The Bertz CT molecular complexity index is 3430. The Morgan fingerprint density at radius 2 is 0.360 bits per heavy atom. The van der Waals surface area contributed by atoms with Gasteiger partial charge in [0.25, 0.3) is 0 Å². The van der Waals surface area contributed by atoms with E-state index < -0.39 is 157 Å². The number of Topliss-reactive ketones (excluding diaryl/α,β-unsaturated/α-hetero) is 12. The molecular weight excluding hydrogens is 2130 g/mol. The molecule has 40 N–H and O–H groups in total. The molecule has 0 aliphatic heterocycles. The Balaban J connectivity index is -0.000000158. The molecule has 0 aliphatic rings. The van der Waals surface area contributed by atoms with Crippen LogP contribution >= 0.6 is 101 Å². The largest absolute Gasteiger partial charge is 0.468 e. The molecule has 0 unspecified atom stereocenters. The number of carbonyl (C=O) groups is 20. The summed E-state index contributed by atoms with van der Waals surface area (Å²) in [6.45, 7) is 20.2. The quantitative estimate of drug-likeness (QED) is 0.00841. The summed E-state index contributed by atoms with van der Waals surface area (Å²) in [5, 5.41) is 0. The van der Waals surface area contributed by atoms with Crippen LogP contribution in [0.5, 0.6) is 0 Å². The molecule has 0 amide bonds. The van der Waals surface area contributed by atoms with E-state index in [-0.39, 0.29) is 81.5 Å². The maximum Gasteiger partial charge on any atom is 0.323 e. The van der Waals surface area contributed by atoms with Crippen LogP contribution in [0.4, 0.5) is 0 Å². The molecule has 0 spiro atoms. The maximum atomic E-state index is 11.2. The summed E-state index contributed by atoms with van der Waals surface area (Å²) >= 11 is 6.70. The monoisotopic (exact) mass is 2310 g/mol. The number of carbonyl (C=O) groups excluding carboxylic acids is 20. The highest BCUT2D eigenvalue weighted by Gasteiger charge is 2.23. The third kappa shape index (κ3) is 108. The predicted octanol–water partition coefficient (Wildman–Crippen LogP) is -1.30. The van der Waals surface area contributed by atoms with Gasteiger partial charge in [-0.1, -0.05) is 134 Å². The van der Waals surface area contributed by atoms with Crippen molar-refractivity contribution >= 4 is 218 Å². The van der Waals surface area contributed by atoms with Crippen molar-refractivity contribution in [2.75, 3.05) is 120 Å². The van der Waals surface area contributed by atoms with Crippen LogP contribution in [0.1, 0.15) is 173 Å². The zero-order valence-electron chi connectivity index (χ0n) is 90.8. The second-order valence-electron chi connectivity index (χ2n) is 31.9. The molecule has 0 saturated heterocycles. The van der Waals surface area contributed by atoms with Gasteiger partial charge in [0.2, 0.25) is 0 Å². The Morgan fingerprint density at radius 3 is 0.493 bits per heavy atom. The van der Waals surface area contributed by atoms with Gasteiger partial charge >= 0.3 is 47.8 Å². The fourth-order valence-corrected chi connectivity index (χ4v) is 17.1. The fraction of sp³-hybridized carbons (Fsp3) is 0.699. The first kappa shape index (κ1) is 166. The van der Waals surface area contributed by atoms with Gasteiger partial charge in [-0.3, -0.25) is 95.9 Å². The predicted molar refractivity (Wildman–Crippen MR) is 609 cm³/mol. The number of methoxy groups -OCH3 is 8. The van der Waals surface area contributed by atoms with Gasteiger partial charge in [0.15, 0.2) is 0 Å². The number of ether oxygens (including phenoxy) is 8. The van der Waals surface area contributed by atoms with Crippen LogP contribution in [0.15, 0.2) is 48.6 Å². The first-order chi connectivity index (χ1) is 69.8. The van der Waals surface area contributed by atoms with Gasteiger partial charge in [-0.25, -0.2) is 0 Å². The van der Waals surface area contributed by atoms with Crippen molar-refractivity contribution in [3.63, 3.8) is 0 Å². The van der Waals surface area contributed by atoms with Crippen LogP contribution in [-0.2, 0) is 134 Å². The third-order valence-electron chi connectivity index (χ3n) is 18.7. The van der Waals surface area contributed by atoms with Gasteiger partial charge in [0, 0.05) is 64.6 Å². The van der Waals surface area contributed by atoms with Crippen LogP contribution in [0.2, 0.25) is 0 Å². The highest BCUT2D eigenvalue weighted by Crippen LogP contribution is 2.25. The van der Waals surface area contributed by atoms with Crippen LogP contribution < -0.4 is 115 Å². The highest BCUT2D eigenvalue weighted by atomic mass is 33.1. The van der Waals surface area contributed by atoms with Crippen LogP contribution in [0.25, 0.3) is 0 Å². The first-order valence-corrected chi connectivity index (χ1v) is 57.1. The van der Waals surface area contributed by atoms with Gasteiger partial charge < -0.3 is 153 Å². The number of nitrogens with two attached hydrogens (primary N) is 20. The van der Waals surface area contributed by atoms with Gasteiger partial charge in [-0.05, 0) is 151 Å². The normalized spacial score (nSPS) is 14.5. The topological polar surface area (TPSA) is 936 Å². The van der Waals surface area contributed by atoms with E-state index in [2.05, 4.69) is 50.5 Å². The lowest BCUT2D eigenvalue weighted by molar-refractivity contribution is -0.143. The summed E-state index contributed by atoms with van der Waals surface area (Å²) in [6.07, 6.45) is 19.9. The Morgan fingerprint density at radius 1 is 0.207 bits per heavy atom. The molecular formula is C93H180N20O28S9. The van der Waals surface area contributed by atoms with E-state index in [0.717, 1.165) is 6.42 Å². The van der Waals surface area contributed by atoms with Crippen LogP contribution in [0, 0.1) is 0 Å². The van der Waals surface area contributed by atoms with E-state index in [0.29, 0.717) is 140 Å². The van der Waals surface area contributed by atoms with Crippen molar-refractivity contribution in [3.05, 3.63) is 48.6 Å². The van der Waals surface area contributed by atoms with Crippen molar-refractivity contribution in [2.24, 2.45) is 115 Å². The Hall–Kier alpha value is -6.89. The lowest BCUT2D eigenvalue weighted by Crippen LogP contribution is -2.35. The first-order valence-electron chi connectivity index (χ1n) is 46.7. The number of rotatable bonds is 65. The number of ketones is 12. The smallest absolute Gasteiger partial charge is 0.323 e. The highest BCUT2D eigenvalue weighted by molar-refractivity contribution is 8.77. The zero-order chi connectivity index (χ0) is 119. The minimum atomic E-state index is -0.685. The number of thioether (sulfide) groups is 2. The Labute approximate surface area is 923 Å². The van der Waals surface area contributed by atoms with Gasteiger partial charge in [-0.2, -0.15) is 36.2 Å². The van der Waals surface area contributed by atoms with E-state index in [4.69, 9.17) is 115 Å². The molecule has 874 valence electrons. The molecule has 0 heterocycles. The van der Waals surface area contributed by atoms with Gasteiger partial charge in [0.1, 0.15) is 118 Å². The van der Waals surface area contributed by atoms with Gasteiger partial charge in [0.05, 0.1) is 129 Å². The van der Waals surface area contributed by atoms with Crippen molar-refractivity contribution in [1.29, 1.82) is 0 Å². The third-order valence-corrected chi connectivity index (χ3v) is 28.7. The van der Waals surface area contributed by atoms with E-state index in [1.807, 2.05) is 6.92 Å².